The molecule has 1 fully saturated rings. The number of aliphatic hydroxyl groups is 1. The van der Waals surface area contributed by atoms with Crippen LogP contribution in [-0.4, -0.2) is 42.4 Å². The Morgan fingerprint density at radius 3 is 2.62 bits per heavy atom. The van der Waals surface area contributed by atoms with Crippen LogP contribution in [0.25, 0.3) is 0 Å². The van der Waals surface area contributed by atoms with Gasteiger partial charge in [-0.05, 0) is 35.9 Å². The second-order valence-corrected chi connectivity index (χ2v) is 6.24. The lowest BCUT2D eigenvalue weighted by Crippen LogP contribution is -2.32. The van der Waals surface area contributed by atoms with Crippen molar-refractivity contribution in [2.75, 3.05) is 26.3 Å². The summed E-state index contributed by atoms with van der Waals surface area (Å²) in [6.07, 6.45) is -4.93. The standard InChI is InChI=1S/C19H20F3NO3/c20-19(21,22)15-4-2-6-18(10-15)26-17-5-1-3-14(9-17)11-23-7-8-25-13-16(24)12-23/h1-6,9-10,16,24H,7-8,11-13H2. The highest BCUT2D eigenvalue weighted by Gasteiger charge is 2.30. The van der Waals surface area contributed by atoms with E-state index in [9.17, 15) is 18.3 Å². The second kappa shape index (κ2) is 8.07. The first kappa shape index (κ1) is 18.7. The van der Waals surface area contributed by atoms with Gasteiger partial charge in [-0.1, -0.05) is 18.2 Å². The normalized spacial score (nSPS) is 19.2. The first-order chi connectivity index (χ1) is 12.4. The molecule has 1 heterocycles. The molecule has 7 heteroatoms. The predicted octanol–water partition coefficient (Wildman–Crippen LogP) is 3.69. The van der Waals surface area contributed by atoms with Gasteiger partial charge in [-0.2, -0.15) is 13.2 Å². The molecule has 3 rings (SSSR count). The molecule has 1 aliphatic heterocycles. The monoisotopic (exact) mass is 367 g/mol. The van der Waals surface area contributed by atoms with E-state index in [0.29, 0.717) is 38.6 Å². The molecule has 1 atom stereocenters. The summed E-state index contributed by atoms with van der Waals surface area (Å²) in [6, 6.07) is 12.0. The van der Waals surface area contributed by atoms with E-state index in [1.54, 1.807) is 18.2 Å². The van der Waals surface area contributed by atoms with E-state index in [1.165, 1.54) is 12.1 Å². The van der Waals surface area contributed by atoms with Gasteiger partial charge < -0.3 is 14.6 Å². The molecule has 1 aliphatic rings. The van der Waals surface area contributed by atoms with E-state index in [-0.39, 0.29) is 5.75 Å². The fourth-order valence-corrected chi connectivity index (χ4v) is 2.84. The number of halogens is 3. The van der Waals surface area contributed by atoms with Crippen LogP contribution in [-0.2, 0) is 17.5 Å². The summed E-state index contributed by atoms with van der Waals surface area (Å²) in [7, 11) is 0. The van der Waals surface area contributed by atoms with E-state index in [2.05, 4.69) is 4.90 Å². The summed E-state index contributed by atoms with van der Waals surface area (Å²) in [5.41, 5.74) is 0.202. The summed E-state index contributed by atoms with van der Waals surface area (Å²) in [6.45, 7) is 2.70. The number of ether oxygens (including phenoxy) is 2. The Kier molecular flexibility index (Phi) is 5.80. The lowest BCUT2D eigenvalue weighted by molar-refractivity contribution is -0.137. The SMILES string of the molecule is OC1COCCN(Cc2cccc(Oc3cccc(C(F)(F)F)c3)c2)C1. The Morgan fingerprint density at radius 1 is 1.12 bits per heavy atom. The van der Waals surface area contributed by atoms with Crippen molar-refractivity contribution in [3.8, 4) is 11.5 Å². The molecule has 1 saturated heterocycles. The largest absolute Gasteiger partial charge is 0.457 e. The molecule has 26 heavy (non-hydrogen) atoms. The van der Waals surface area contributed by atoms with Crippen molar-refractivity contribution in [3.63, 3.8) is 0 Å². The quantitative estimate of drug-likeness (QED) is 0.895. The highest BCUT2D eigenvalue weighted by molar-refractivity contribution is 5.36. The molecule has 2 aromatic carbocycles. The van der Waals surface area contributed by atoms with Crippen LogP contribution in [0.4, 0.5) is 13.2 Å². The third-order valence-corrected chi connectivity index (χ3v) is 4.03. The van der Waals surface area contributed by atoms with Gasteiger partial charge in [0.15, 0.2) is 0 Å². The highest BCUT2D eigenvalue weighted by atomic mass is 19.4. The highest BCUT2D eigenvalue weighted by Crippen LogP contribution is 2.32. The summed E-state index contributed by atoms with van der Waals surface area (Å²) in [5.74, 6) is 0.601. The van der Waals surface area contributed by atoms with Gasteiger partial charge in [0.1, 0.15) is 11.5 Å². The molecule has 0 saturated carbocycles. The van der Waals surface area contributed by atoms with Crippen molar-refractivity contribution < 1.29 is 27.8 Å². The Bertz CT molecular complexity index is 736. The molecular weight excluding hydrogens is 347 g/mol. The van der Waals surface area contributed by atoms with E-state index in [0.717, 1.165) is 17.7 Å². The molecule has 140 valence electrons. The summed E-state index contributed by atoms with van der Waals surface area (Å²) < 4.78 is 49.3. The second-order valence-electron chi connectivity index (χ2n) is 6.24. The van der Waals surface area contributed by atoms with Gasteiger partial charge >= 0.3 is 6.18 Å². The van der Waals surface area contributed by atoms with Gasteiger partial charge in [-0.15, -0.1) is 0 Å². The average molecular weight is 367 g/mol. The number of alkyl halides is 3. The molecule has 0 aromatic heterocycles. The third kappa shape index (κ3) is 5.20. The van der Waals surface area contributed by atoms with Gasteiger partial charge in [0.25, 0.3) is 0 Å². The number of rotatable bonds is 4. The molecule has 0 bridgehead atoms. The maximum atomic E-state index is 12.8. The topological polar surface area (TPSA) is 41.9 Å². The zero-order chi connectivity index (χ0) is 18.6. The molecule has 1 N–H and O–H groups in total. The molecule has 2 aromatic rings. The zero-order valence-corrected chi connectivity index (χ0v) is 14.1. The van der Waals surface area contributed by atoms with Crippen LogP contribution in [0.15, 0.2) is 48.5 Å². The summed E-state index contributed by atoms with van der Waals surface area (Å²) in [5, 5.41) is 9.80. The number of hydrogen-bond acceptors (Lipinski definition) is 4. The van der Waals surface area contributed by atoms with Gasteiger partial charge in [0.2, 0.25) is 0 Å². The van der Waals surface area contributed by atoms with Gasteiger partial charge in [-0.25, -0.2) is 0 Å². The lowest BCUT2D eigenvalue weighted by atomic mass is 10.2. The fraction of sp³-hybridized carbons (Fsp3) is 0.368. The Labute approximate surface area is 149 Å². The van der Waals surface area contributed by atoms with Gasteiger partial charge in [-0.3, -0.25) is 4.90 Å². The van der Waals surface area contributed by atoms with E-state index >= 15 is 0 Å². The van der Waals surface area contributed by atoms with Crippen LogP contribution < -0.4 is 4.74 Å². The Hall–Kier alpha value is -2.09. The van der Waals surface area contributed by atoms with Crippen molar-refractivity contribution in [2.24, 2.45) is 0 Å². The fourth-order valence-electron chi connectivity index (χ4n) is 2.84. The van der Waals surface area contributed by atoms with Crippen LogP contribution in [0, 0.1) is 0 Å². The molecule has 1 unspecified atom stereocenters. The number of hydrogen-bond donors (Lipinski definition) is 1. The Morgan fingerprint density at radius 2 is 1.85 bits per heavy atom. The van der Waals surface area contributed by atoms with Crippen molar-refractivity contribution in [1.29, 1.82) is 0 Å². The van der Waals surface area contributed by atoms with E-state index in [1.807, 2.05) is 6.07 Å². The van der Waals surface area contributed by atoms with E-state index in [4.69, 9.17) is 9.47 Å². The minimum Gasteiger partial charge on any atom is -0.457 e. The summed E-state index contributed by atoms with van der Waals surface area (Å²) >= 11 is 0. The van der Waals surface area contributed by atoms with Crippen molar-refractivity contribution in [2.45, 2.75) is 18.8 Å². The van der Waals surface area contributed by atoms with Crippen LogP contribution >= 0.6 is 0 Å². The lowest BCUT2D eigenvalue weighted by Gasteiger charge is -2.21. The first-order valence-corrected chi connectivity index (χ1v) is 8.32. The van der Waals surface area contributed by atoms with Crippen molar-refractivity contribution in [3.05, 3.63) is 59.7 Å². The molecule has 0 amide bonds. The van der Waals surface area contributed by atoms with Gasteiger partial charge in [0.05, 0.1) is 24.9 Å². The van der Waals surface area contributed by atoms with Crippen LogP contribution in [0.2, 0.25) is 0 Å². The zero-order valence-electron chi connectivity index (χ0n) is 14.1. The third-order valence-electron chi connectivity index (χ3n) is 4.03. The molecule has 0 aliphatic carbocycles. The number of aliphatic hydroxyl groups excluding tert-OH is 1. The first-order valence-electron chi connectivity index (χ1n) is 8.32. The molecule has 0 radical (unpaired) electrons. The maximum absolute atomic E-state index is 12.8. The van der Waals surface area contributed by atoms with E-state index < -0.39 is 17.8 Å². The Balaban J connectivity index is 1.69. The number of benzene rings is 2. The minimum atomic E-state index is -4.41. The maximum Gasteiger partial charge on any atom is 0.416 e. The molecule has 4 nitrogen and oxygen atoms in total. The van der Waals surface area contributed by atoms with Crippen molar-refractivity contribution >= 4 is 0 Å². The van der Waals surface area contributed by atoms with Crippen molar-refractivity contribution in [1.82, 2.24) is 4.90 Å². The predicted molar refractivity (Wildman–Crippen MR) is 90.1 cm³/mol. The van der Waals surface area contributed by atoms with Crippen LogP contribution in [0.3, 0.4) is 0 Å². The number of nitrogens with zero attached hydrogens (tertiary/aromatic N) is 1. The van der Waals surface area contributed by atoms with Crippen LogP contribution in [0.1, 0.15) is 11.1 Å². The summed E-state index contributed by atoms with van der Waals surface area (Å²) in [4.78, 5) is 2.07. The smallest absolute Gasteiger partial charge is 0.416 e. The van der Waals surface area contributed by atoms with Gasteiger partial charge in [0, 0.05) is 19.6 Å². The minimum absolute atomic E-state index is 0.135. The number of β-amino-alcohol motifs (C(OH)–C–C–N with tert-alkyl or cyclic N) is 1. The van der Waals surface area contributed by atoms with Crippen LogP contribution in [0.5, 0.6) is 11.5 Å². The average Bonchev–Trinajstić information content (AvgIpc) is 2.78. The molecule has 0 spiro atoms. The molecular formula is C19H20F3NO3.